The third kappa shape index (κ3) is 3.88. The summed E-state index contributed by atoms with van der Waals surface area (Å²) >= 11 is 1.64. The minimum atomic E-state index is -0.232. The second-order valence-corrected chi connectivity index (χ2v) is 7.28. The van der Waals surface area contributed by atoms with E-state index in [4.69, 9.17) is 0 Å². The molecule has 136 valence electrons. The molecule has 7 heteroatoms. The van der Waals surface area contributed by atoms with Crippen LogP contribution < -0.4 is 10.3 Å². The molecule has 0 spiro atoms. The SMILES string of the molecule is O=C(NCCc1nc2ccccc2s1)C1=NN(c2ccccc2)C(=O)CC1. The Bertz CT molecular complexity index is 980. The Labute approximate surface area is 160 Å². The highest BCUT2D eigenvalue weighted by Gasteiger charge is 2.25. The van der Waals surface area contributed by atoms with Gasteiger partial charge in [0.05, 0.1) is 20.9 Å². The van der Waals surface area contributed by atoms with Crippen molar-refractivity contribution in [2.24, 2.45) is 5.10 Å². The average molecular weight is 378 g/mol. The predicted octanol–water partition coefficient (Wildman–Crippen LogP) is 3.14. The number of hydrazone groups is 1. The third-order valence-corrected chi connectivity index (χ3v) is 5.35. The van der Waals surface area contributed by atoms with Crippen LogP contribution in [0, 0.1) is 0 Å². The number of hydrogen-bond donors (Lipinski definition) is 1. The number of amides is 2. The van der Waals surface area contributed by atoms with Crippen LogP contribution in [0.25, 0.3) is 10.2 Å². The molecule has 1 aliphatic rings. The van der Waals surface area contributed by atoms with Crippen LogP contribution in [0.15, 0.2) is 59.7 Å². The van der Waals surface area contributed by atoms with Crippen molar-refractivity contribution < 1.29 is 9.59 Å². The molecule has 0 saturated carbocycles. The number of thiazole rings is 1. The Hall–Kier alpha value is -3.06. The summed E-state index contributed by atoms with van der Waals surface area (Å²) in [6.07, 6.45) is 1.30. The van der Waals surface area contributed by atoms with E-state index in [1.165, 1.54) is 5.01 Å². The molecule has 0 bridgehead atoms. The van der Waals surface area contributed by atoms with Gasteiger partial charge in [0, 0.05) is 25.8 Å². The normalized spacial score (nSPS) is 14.3. The number of aromatic nitrogens is 1. The van der Waals surface area contributed by atoms with E-state index in [1.807, 2.05) is 42.5 Å². The van der Waals surface area contributed by atoms with Gasteiger partial charge in [0.25, 0.3) is 5.91 Å². The summed E-state index contributed by atoms with van der Waals surface area (Å²) < 4.78 is 1.15. The fourth-order valence-electron chi connectivity index (χ4n) is 2.90. The van der Waals surface area contributed by atoms with Crippen LogP contribution >= 0.6 is 11.3 Å². The molecule has 2 heterocycles. The number of hydrogen-bond acceptors (Lipinski definition) is 5. The Balaban J connectivity index is 1.39. The van der Waals surface area contributed by atoms with Crippen LogP contribution in [0.5, 0.6) is 0 Å². The first-order valence-electron chi connectivity index (χ1n) is 8.79. The van der Waals surface area contributed by atoms with Crippen molar-refractivity contribution in [1.82, 2.24) is 10.3 Å². The third-order valence-electron chi connectivity index (χ3n) is 4.26. The Kier molecular flexibility index (Phi) is 4.93. The molecule has 1 aliphatic heterocycles. The minimum Gasteiger partial charge on any atom is -0.351 e. The van der Waals surface area contributed by atoms with E-state index < -0.39 is 0 Å². The molecule has 27 heavy (non-hydrogen) atoms. The standard InChI is InChI=1S/C20H18N4O2S/c25-19-11-10-16(23-24(19)14-6-2-1-3-7-14)20(26)21-13-12-18-22-15-8-4-5-9-17(15)27-18/h1-9H,10-13H2,(H,21,26). The zero-order valence-corrected chi connectivity index (χ0v) is 15.4. The van der Waals surface area contributed by atoms with E-state index >= 15 is 0 Å². The molecule has 0 atom stereocenters. The van der Waals surface area contributed by atoms with E-state index in [0.717, 1.165) is 15.2 Å². The first-order valence-corrected chi connectivity index (χ1v) is 9.60. The Morgan fingerprint density at radius 1 is 1.07 bits per heavy atom. The van der Waals surface area contributed by atoms with Gasteiger partial charge >= 0.3 is 0 Å². The van der Waals surface area contributed by atoms with E-state index in [-0.39, 0.29) is 18.2 Å². The summed E-state index contributed by atoms with van der Waals surface area (Å²) in [4.78, 5) is 29.1. The van der Waals surface area contributed by atoms with Crippen LogP contribution in [0.2, 0.25) is 0 Å². The second kappa shape index (κ2) is 7.67. The van der Waals surface area contributed by atoms with Crippen molar-refractivity contribution in [3.8, 4) is 0 Å². The molecule has 0 saturated heterocycles. The first kappa shape index (κ1) is 17.4. The summed E-state index contributed by atoms with van der Waals surface area (Å²) in [7, 11) is 0. The van der Waals surface area contributed by atoms with Crippen molar-refractivity contribution in [3.05, 3.63) is 59.6 Å². The van der Waals surface area contributed by atoms with Crippen molar-refractivity contribution in [1.29, 1.82) is 0 Å². The van der Waals surface area contributed by atoms with Crippen LogP contribution in [-0.4, -0.2) is 29.1 Å². The highest BCUT2D eigenvalue weighted by molar-refractivity contribution is 7.18. The summed E-state index contributed by atoms with van der Waals surface area (Å²) in [5.41, 5.74) is 2.03. The lowest BCUT2D eigenvalue weighted by Crippen LogP contribution is -2.39. The highest BCUT2D eigenvalue weighted by atomic mass is 32.1. The number of rotatable bonds is 5. The monoisotopic (exact) mass is 378 g/mol. The van der Waals surface area contributed by atoms with Gasteiger partial charge in [-0.15, -0.1) is 11.3 Å². The fourth-order valence-corrected chi connectivity index (χ4v) is 3.87. The number of para-hydroxylation sites is 2. The number of anilines is 1. The molecule has 1 aromatic heterocycles. The van der Waals surface area contributed by atoms with Gasteiger partial charge in [-0.05, 0) is 24.3 Å². The van der Waals surface area contributed by atoms with Gasteiger partial charge in [-0.1, -0.05) is 30.3 Å². The molecule has 1 N–H and O–H groups in total. The molecule has 0 radical (unpaired) electrons. The summed E-state index contributed by atoms with van der Waals surface area (Å²) in [5, 5.41) is 9.46. The van der Waals surface area contributed by atoms with Crippen LogP contribution in [0.3, 0.4) is 0 Å². The number of carbonyl (C=O) groups is 2. The smallest absolute Gasteiger partial charge is 0.267 e. The second-order valence-electron chi connectivity index (χ2n) is 6.17. The summed E-state index contributed by atoms with van der Waals surface area (Å²) in [5.74, 6) is -0.336. The molecular formula is C20H18N4O2S. The lowest BCUT2D eigenvalue weighted by molar-refractivity contribution is -0.118. The van der Waals surface area contributed by atoms with Crippen molar-refractivity contribution in [3.63, 3.8) is 0 Å². The predicted molar refractivity (Wildman–Crippen MR) is 107 cm³/mol. The average Bonchev–Trinajstić information content (AvgIpc) is 3.11. The largest absolute Gasteiger partial charge is 0.351 e. The maximum absolute atomic E-state index is 12.4. The summed E-state index contributed by atoms with van der Waals surface area (Å²) in [6, 6.07) is 17.1. The summed E-state index contributed by atoms with van der Waals surface area (Å²) in [6.45, 7) is 0.483. The van der Waals surface area contributed by atoms with Crippen molar-refractivity contribution >= 4 is 44.8 Å². The topological polar surface area (TPSA) is 74.7 Å². The molecular weight excluding hydrogens is 360 g/mol. The van der Waals surface area contributed by atoms with Gasteiger partial charge < -0.3 is 5.32 Å². The van der Waals surface area contributed by atoms with E-state index in [0.29, 0.717) is 30.8 Å². The molecule has 2 aromatic carbocycles. The van der Waals surface area contributed by atoms with Crippen LogP contribution in [0.1, 0.15) is 17.8 Å². The lowest BCUT2D eigenvalue weighted by atomic mass is 10.1. The molecule has 0 unspecified atom stereocenters. The zero-order chi connectivity index (χ0) is 18.6. The fraction of sp³-hybridized carbons (Fsp3) is 0.200. The Morgan fingerprint density at radius 2 is 1.85 bits per heavy atom. The van der Waals surface area contributed by atoms with Gasteiger partial charge in [0.15, 0.2) is 0 Å². The highest BCUT2D eigenvalue weighted by Crippen LogP contribution is 2.22. The zero-order valence-electron chi connectivity index (χ0n) is 14.6. The minimum absolute atomic E-state index is 0.104. The van der Waals surface area contributed by atoms with Gasteiger partial charge in [-0.25, -0.2) is 9.99 Å². The molecule has 6 nitrogen and oxygen atoms in total. The molecule has 3 aromatic rings. The van der Waals surface area contributed by atoms with Gasteiger partial charge in [0.1, 0.15) is 5.71 Å². The van der Waals surface area contributed by atoms with E-state index in [1.54, 1.807) is 23.5 Å². The Morgan fingerprint density at radius 3 is 2.67 bits per heavy atom. The van der Waals surface area contributed by atoms with E-state index in [9.17, 15) is 9.59 Å². The number of fused-ring (bicyclic) bond motifs is 1. The lowest BCUT2D eigenvalue weighted by Gasteiger charge is -2.23. The molecule has 4 rings (SSSR count). The number of carbonyl (C=O) groups excluding carboxylic acids is 2. The molecule has 0 aliphatic carbocycles. The number of nitrogens with one attached hydrogen (secondary N) is 1. The van der Waals surface area contributed by atoms with Crippen LogP contribution in [0.4, 0.5) is 5.69 Å². The van der Waals surface area contributed by atoms with Gasteiger partial charge in [0.2, 0.25) is 5.91 Å². The van der Waals surface area contributed by atoms with Gasteiger partial charge in [-0.3, -0.25) is 9.59 Å². The quantitative estimate of drug-likeness (QED) is 0.741. The van der Waals surface area contributed by atoms with Crippen LogP contribution in [-0.2, 0) is 16.0 Å². The first-order chi connectivity index (χ1) is 13.2. The molecule has 2 amide bonds. The van der Waals surface area contributed by atoms with E-state index in [2.05, 4.69) is 15.4 Å². The number of nitrogens with zero attached hydrogens (tertiary/aromatic N) is 3. The number of benzene rings is 2. The van der Waals surface area contributed by atoms with Gasteiger partial charge in [-0.2, -0.15) is 5.10 Å². The maximum Gasteiger partial charge on any atom is 0.267 e. The van der Waals surface area contributed by atoms with Crippen molar-refractivity contribution in [2.75, 3.05) is 11.6 Å². The van der Waals surface area contributed by atoms with Crippen molar-refractivity contribution in [2.45, 2.75) is 19.3 Å². The molecule has 0 fully saturated rings. The maximum atomic E-state index is 12.4.